The minimum Gasteiger partial charge on any atom is -0.495 e. The average molecular weight is 489 g/mol. The molecule has 140 valence electrons. The standard InChI is InChI=1S/C18H21ClN4O2.HI/c1-25-16-8-7-14(11-15(16)19)23-18(20)22-12-17(24)21-10-9-13-5-3-2-4-6-13;/h2-8,11H,9-10,12H2,1H3,(H,21,24)(H3,20,22,23);1H. The second-order valence-corrected chi connectivity index (χ2v) is 5.67. The van der Waals surface area contributed by atoms with Crippen molar-refractivity contribution in [1.29, 1.82) is 0 Å². The van der Waals surface area contributed by atoms with Crippen LogP contribution in [0.4, 0.5) is 5.69 Å². The zero-order valence-corrected chi connectivity index (χ0v) is 17.5. The van der Waals surface area contributed by atoms with E-state index in [4.69, 9.17) is 22.1 Å². The van der Waals surface area contributed by atoms with Gasteiger partial charge in [-0.15, -0.1) is 24.0 Å². The number of carbonyl (C=O) groups excluding carboxylic acids is 1. The number of nitrogens with one attached hydrogen (secondary N) is 2. The average Bonchev–Trinajstić information content (AvgIpc) is 2.61. The molecule has 4 N–H and O–H groups in total. The predicted molar refractivity (Wildman–Crippen MR) is 117 cm³/mol. The van der Waals surface area contributed by atoms with Gasteiger partial charge in [0.05, 0.1) is 12.1 Å². The molecule has 0 unspecified atom stereocenters. The molecule has 0 spiro atoms. The summed E-state index contributed by atoms with van der Waals surface area (Å²) in [5, 5.41) is 6.14. The fraction of sp³-hybridized carbons (Fsp3) is 0.222. The Hall–Kier alpha value is -2.00. The first-order valence-corrected chi connectivity index (χ1v) is 8.17. The van der Waals surface area contributed by atoms with Crippen LogP contribution in [0.2, 0.25) is 5.02 Å². The minimum absolute atomic E-state index is 0. The van der Waals surface area contributed by atoms with Gasteiger partial charge in [0.2, 0.25) is 5.91 Å². The smallest absolute Gasteiger partial charge is 0.241 e. The zero-order valence-electron chi connectivity index (χ0n) is 14.4. The molecule has 0 atom stereocenters. The molecule has 0 aliphatic rings. The summed E-state index contributed by atoms with van der Waals surface area (Å²) in [6, 6.07) is 15.1. The number of benzene rings is 2. The number of nitrogens with zero attached hydrogens (tertiary/aromatic N) is 1. The van der Waals surface area contributed by atoms with Crippen LogP contribution in [0.25, 0.3) is 0 Å². The Bertz CT molecular complexity index is 741. The topological polar surface area (TPSA) is 88.7 Å². The summed E-state index contributed by atoms with van der Waals surface area (Å²) in [6.07, 6.45) is 0.772. The molecule has 26 heavy (non-hydrogen) atoms. The van der Waals surface area contributed by atoms with Crippen LogP contribution in [0.3, 0.4) is 0 Å². The third kappa shape index (κ3) is 7.49. The zero-order chi connectivity index (χ0) is 18.1. The SMILES string of the molecule is COc1ccc(NC(N)=NCC(=O)NCCc2ccccc2)cc1Cl.I. The molecule has 6 nitrogen and oxygen atoms in total. The quantitative estimate of drug-likeness (QED) is 0.318. The Morgan fingerprint density at radius 2 is 1.96 bits per heavy atom. The Labute approximate surface area is 175 Å². The van der Waals surface area contributed by atoms with Gasteiger partial charge in [0, 0.05) is 12.2 Å². The Kier molecular flexibility index (Phi) is 9.82. The van der Waals surface area contributed by atoms with Gasteiger partial charge < -0.3 is 21.1 Å². The summed E-state index contributed by atoms with van der Waals surface area (Å²) in [5.41, 5.74) is 7.61. The second kappa shape index (κ2) is 11.6. The Morgan fingerprint density at radius 1 is 1.23 bits per heavy atom. The summed E-state index contributed by atoms with van der Waals surface area (Å²) in [7, 11) is 1.54. The van der Waals surface area contributed by atoms with Crippen molar-refractivity contribution in [3.8, 4) is 5.75 Å². The lowest BCUT2D eigenvalue weighted by molar-refractivity contribution is -0.119. The van der Waals surface area contributed by atoms with Crippen molar-refractivity contribution in [2.75, 3.05) is 25.5 Å². The number of methoxy groups -OCH3 is 1. The lowest BCUT2D eigenvalue weighted by Crippen LogP contribution is -2.30. The summed E-state index contributed by atoms with van der Waals surface area (Å²) >= 11 is 6.04. The molecular formula is C18H22ClIN4O2. The first-order valence-electron chi connectivity index (χ1n) is 7.79. The first-order chi connectivity index (χ1) is 12.1. The van der Waals surface area contributed by atoms with Crippen LogP contribution in [-0.4, -0.2) is 32.1 Å². The van der Waals surface area contributed by atoms with Gasteiger partial charge in [-0.3, -0.25) is 4.79 Å². The van der Waals surface area contributed by atoms with Crippen LogP contribution in [0, 0.1) is 0 Å². The normalized spacial score (nSPS) is 10.6. The van der Waals surface area contributed by atoms with Crippen LogP contribution >= 0.6 is 35.6 Å². The number of amides is 1. The van der Waals surface area contributed by atoms with Crippen molar-refractivity contribution in [2.45, 2.75) is 6.42 Å². The largest absolute Gasteiger partial charge is 0.495 e. The molecule has 2 aromatic carbocycles. The van der Waals surface area contributed by atoms with Crippen LogP contribution in [0.1, 0.15) is 5.56 Å². The van der Waals surface area contributed by atoms with Gasteiger partial charge in [0.1, 0.15) is 12.3 Å². The van der Waals surface area contributed by atoms with Crippen molar-refractivity contribution in [3.05, 3.63) is 59.1 Å². The maximum Gasteiger partial charge on any atom is 0.241 e. The molecular weight excluding hydrogens is 467 g/mol. The Morgan fingerprint density at radius 3 is 2.62 bits per heavy atom. The summed E-state index contributed by atoms with van der Waals surface area (Å²) in [5.74, 6) is 0.522. The third-order valence-electron chi connectivity index (χ3n) is 3.40. The van der Waals surface area contributed by atoms with E-state index in [9.17, 15) is 4.79 Å². The van der Waals surface area contributed by atoms with Gasteiger partial charge in [-0.05, 0) is 30.2 Å². The van der Waals surface area contributed by atoms with Crippen molar-refractivity contribution < 1.29 is 9.53 Å². The van der Waals surface area contributed by atoms with Gasteiger partial charge in [-0.25, -0.2) is 4.99 Å². The molecule has 2 aromatic rings. The fourth-order valence-corrected chi connectivity index (χ4v) is 2.39. The predicted octanol–water partition coefficient (Wildman–Crippen LogP) is 3.05. The maximum absolute atomic E-state index is 11.8. The highest BCUT2D eigenvalue weighted by Crippen LogP contribution is 2.26. The highest BCUT2D eigenvalue weighted by Gasteiger charge is 2.04. The molecule has 0 radical (unpaired) electrons. The van der Waals surface area contributed by atoms with E-state index in [-0.39, 0.29) is 42.4 Å². The van der Waals surface area contributed by atoms with E-state index in [2.05, 4.69) is 15.6 Å². The molecule has 0 aliphatic carbocycles. The van der Waals surface area contributed by atoms with E-state index in [0.29, 0.717) is 23.0 Å². The number of carbonyl (C=O) groups is 1. The van der Waals surface area contributed by atoms with E-state index in [1.54, 1.807) is 25.3 Å². The number of rotatable bonds is 7. The van der Waals surface area contributed by atoms with E-state index in [1.165, 1.54) is 5.56 Å². The van der Waals surface area contributed by atoms with E-state index in [0.717, 1.165) is 6.42 Å². The lowest BCUT2D eigenvalue weighted by atomic mass is 10.1. The first kappa shape index (κ1) is 22.0. The van der Waals surface area contributed by atoms with E-state index >= 15 is 0 Å². The fourth-order valence-electron chi connectivity index (χ4n) is 2.14. The molecule has 0 saturated heterocycles. The number of aliphatic imine (C=N–C) groups is 1. The minimum atomic E-state index is -0.187. The van der Waals surface area contributed by atoms with Gasteiger partial charge >= 0.3 is 0 Å². The number of hydrogen-bond acceptors (Lipinski definition) is 3. The number of hydrogen-bond donors (Lipinski definition) is 3. The summed E-state index contributed by atoms with van der Waals surface area (Å²) < 4.78 is 5.08. The highest BCUT2D eigenvalue weighted by atomic mass is 127. The Balaban J connectivity index is 0.00000338. The van der Waals surface area contributed by atoms with E-state index < -0.39 is 0 Å². The van der Waals surface area contributed by atoms with Crippen LogP contribution in [-0.2, 0) is 11.2 Å². The lowest BCUT2D eigenvalue weighted by Gasteiger charge is -2.08. The number of nitrogens with two attached hydrogens (primary N) is 1. The molecule has 0 fully saturated rings. The van der Waals surface area contributed by atoms with Crippen LogP contribution in [0.15, 0.2) is 53.5 Å². The number of guanidine groups is 1. The van der Waals surface area contributed by atoms with Gasteiger partial charge in [-0.2, -0.15) is 0 Å². The number of halogens is 2. The van der Waals surface area contributed by atoms with Crippen molar-refractivity contribution >= 4 is 53.1 Å². The highest BCUT2D eigenvalue weighted by molar-refractivity contribution is 14.0. The summed E-state index contributed by atoms with van der Waals surface area (Å²) in [4.78, 5) is 15.8. The van der Waals surface area contributed by atoms with Crippen molar-refractivity contribution in [2.24, 2.45) is 10.7 Å². The molecule has 8 heteroatoms. The molecule has 1 amide bonds. The molecule has 0 saturated carbocycles. The van der Waals surface area contributed by atoms with Crippen molar-refractivity contribution in [3.63, 3.8) is 0 Å². The van der Waals surface area contributed by atoms with Gasteiger partial charge in [-0.1, -0.05) is 41.9 Å². The number of anilines is 1. The van der Waals surface area contributed by atoms with E-state index in [1.807, 2.05) is 30.3 Å². The molecule has 0 bridgehead atoms. The van der Waals surface area contributed by atoms with Crippen LogP contribution in [0.5, 0.6) is 5.75 Å². The van der Waals surface area contributed by atoms with Gasteiger partial charge in [0.15, 0.2) is 5.96 Å². The molecule has 0 aromatic heterocycles. The van der Waals surface area contributed by atoms with Crippen LogP contribution < -0.4 is 21.1 Å². The molecule has 0 heterocycles. The summed E-state index contributed by atoms with van der Waals surface area (Å²) in [6.45, 7) is 0.511. The van der Waals surface area contributed by atoms with Gasteiger partial charge in [0.25, 0.3) is 0 Å². The third-order valence-corrected chi connectivity index (χ3v) is 3.69. The number of ether oxygens (including phenoxy) is 1. The molecule has 0 aliphatic heterocycles. The maximum atomic E-state index is 11.8. The van der Waals surface area contributed by atoms with Crippen molar-refractivity contribution in [1.82, 2.24) is 5.32 Å². The monoisotopic (exact) mass is 488 g/mol. The molecule has 2 rings (SSSR count). The second-order valence-electron chi connectivity index (χ2n) is 5.26.